The third-order valence-corrected chi connectivity index (χ3v) is 2.37. The van der Waals surface area contributed by atoms with E-state index in [1.165, 1.54) is 0 Å². The van der Waals surface area contributed by atoms with Crippen molar-refractivity contribution < 1.29 is 14.3 Å². The summed E-state index contributed by atoms with van der Waals surface area (Å²) in [7, 11) is 0. The maximum absolute atomic E-state index is 11.4. The summed E-state index contributed by atoms with van der Waals surface area (Å²) in [4.78, 5) is 22.7. The highest BCUT2D eigenvalue weighted by Crippen LogP contribution is 2.20. The summed E-state index contributed by atoms with van der Waals surface area (Å²) >= 11 is 5.83. The molecule has 1 amide bonds. The number of ether oxygens (including phenoxy) is 1. The molecule has 0 saturated carbocycles. The highest BCUT2D eigenvalue weighted by atomic mass is 35.5. The largest absolute Gasteiger partial charge is 0.459 e. The molecule has 0 spiro atoms. The Kier molecular flexibility index (Phi) is 5.49. The first kappa shape index (κ1) is 13.5. The fraction of sp³-hybridized carbons (Fsp3) is 0.333. The second-order valence-corrected chi connectivity index (χ2v) is 3.83. The quantitative estimate of drug-likeness (QED) is 0.511. The van der Waals surface area contributed by atoms with Gasteiger partial charge in [-0.2, -0.15) is 0 Å². The minimum absolute atomic E-state index is 0.255. The number of nitrogens with one attached hydrogen (secondary N) is 1. The van der Waals surface area contributed by atoms with Gasteiger partial charge in [0.25, 0.3) is 0 Å². The van der Waals surface area contributed by atoms with E-state index in [0.29, 0.717) is 10.7 Å². The van der Waals surface area contributed by atoms with Crippen LogP contribution in [0.5, 0.6) is 0 Å². The van der Waals surface area contributed by atoms with Crippen molar-refractivity contribution >= 4 is 29.2 Å². The predicted octanol–water partition coefficient (Wildman–Crippen LogP) is 2.62. The number of benzene rings is 1. The van der Waals surface area contributed by atoms with Crippen LogP contribution in [0, 0.1) is 0 Å². The molecular weight excluding hydrogens is 242 g/mol. The second kappa shape index (κ2) is 6.91. The maximum Gasteiger partial charge on any atom is 0.397 e. The summed E-state index contributed by atoms with van der Waals surface area (Å²) in [5.74, 6) is -1.70. The van der Waals surface area contributed by atoms with Gasteiger partial charge in [-0.3, -0.25) is 4.79 Å². The van der Waals surface area contributed by atoms with Crippen molar-refractivity contribution in [1.82, 2.24) is 0 Å². The van der Waals surface area contributed by atoms with Crippen LogP contribution < -0.4 is 5.32 Å². The Hall–Kier alpha value is -1.55. The van der Waals surface area contributed by atoms with Gasteiger partial charge in [0, 0.05) is 0 Å². The standard InChI is InChI=1S/C12H14ClNO3/c1-2-3-8-17-12(16)11(15)14-10-7-5-4-6-9(10)13/h4-7H,2-3,8H2,1H3,(H,14,15). The Morgan fingerprint density at radius 1 is 1.35 bits per heavy atom. The minimum Gasteiger partial charge on any atom is -0.459 e. The molecule has 0 aromatic heterocycles. The Bertz CT molecular complexity index is 406. The van der Waals surface area contributed by atoms with Gasteiger partial charge >= 0.3 is 11.9 Å². The highest BCUT2D eigenvalue weighted by molar-refractivity contribution is 6.39. The van der Waals surface area contributed by atoms with Gasteiger partial charge in [0.15, 0.2) is 0 Å². The number of halogens is 1. The van der Waals surface area contributed by atoms with Crippen LogP contribution in [0.1, 0.15) is 19.8 Å². The number of para-hydroxylation sites is 1. The average molecular weight is 256 g/mol. The smallest absolute Gasteiger partial charge is 0.397 e. The molecule has 92 valence electrons. The average Bonchev–Trinajstić information content (AvgIpc) is 2.32. The molecule has 0 radical (unpaired) electrons. The molecule has 0 aliphatic heterocycles. The summed E-state index contributed by atoms with van der Waals surface area (Å²) in [5, 5.41) is 2.77. The molecule has 0 bridgehead atoms. The van der Waals surface area contributed by atoms with E-state index in [2.05, 4.69) is 5.32 Å². The van der Waals surface area contributed by atoms with Crippen molar-refractivity contribution in [2.45, 2.75) is 19.8 Å². The molecule has 1 rings (SSSR count). The van der Waals surface area contributed by atoms with Crippen LogP contribution >= 0.6 is 11.6 Å². The molecule has 1 aromatic rings. The van der Waals surface area contributed by atoms with Crippen molar-refractivity contribution in [1.29, 1.82) is 0 Å². The van der Waals surface area contributed by atoms with Gasteiger partial charge in [-0.05, 0) is 18.6 Å². The van der Waals surface area contributed by atoms with E-state index in [-0.39, 0.29) is 6.61 Å². The second-order valence-electron chi connectivity index (χ2n) is 3.42. The van der Waals surface area contributed by atoms with Gasteiger partial charge in [-0.25, -0.2) is 4.79 Å². The number of unbranched alkanes of at least 4 members (excludes halogenated alkanes) is 1. The minimum atomic E-state index is -0.890. The Labute approximate surface area is 105 Å². The summed E-state index contributed by atoms with van der Waals surface area (Å²) < 4.78 is 4.76. The number of hydrogen-bond acceptors (Lipinski definition) is 3. The molecular formula is C12H14ClNO3. The van der Waals surface area contributed by atoms with Crippen LogP contribution in [0.15, 0.2) is 24.3 Å². The van der Waals surface area contributed by atoms with E-state index < -0.39 is 11.9 Å². The third kappa shape index (κ3) is 4.44. The number of amides is 1. The Morgan fingerprint density at radius 2 is 2.06 bits per heavy atom. The lowest BCUT2D eigenvalue weighted by Crippen LogP contribution is -2.25. The third-order valence-electron chi connectivity index (χ3n) is 2.04. The van der Waals surface area contributed by atoms with E-state index in [4.69, 9.17) is 16.3 Å². The molecule has 5 heteroatoms. The molecule has 4 nitrogen and oxygen atoms in total. The highest BCUT2D eigenvalue weighted by Gasteiger charge is 2.16. The number of hydrogen-bond donors (Lipinski definition) is 1. The first-order valence-corrected chi connectivity index (χ1v) is 5.75. The molecule has 0 unspecified atom stereocenters. The Balaban J connectivity index is 2.49. The van der Waals surface area contributed by atoms with E-state index in [0.717, 1.165) is 12.8 Å². The fourth-order valence-corrected chi connectivity index (χ4v) is 1.29. The van der Waals surface area contributed by atoms with E-state index >= 15 is 0 Å². The summed E-state index contributed by atoms with van der Waals surface area (Å²) in [6.07, 6.45) is 1.64. The van der Waals surface area contributed by atoms with Gasteiger partial charge in [-0.1, -0.05) is 37.1 Å². The van der Waals surface area contributed by atoms with Crippen molar-refractivity contribution in [3.63, 3.8) is 0 Å². The molecule has 1 aromatic carbocycles. The molecule has 0 heterocycles. The summed E-state index contributed by atoms with van der Waals surface area (Å²) in [5.41, 5.74) is 0.395. The monoisotopic (exact) mass is 255 g/mol. The van der Waals surface area contributed by atoms with Crippen LogP contribution in [-0.4, -0.2) is 18.5 Å². The molecule has 1 N–H and O–H groups in total. The first-order chi connectivity index (χ1) is 8.15. The number of anilines is 1. The zero-order chi connectivity index (χ0) is 12.7. The van der Waals surface area contributed by atoms with Gasteiger partial charge in [0.1, 0.15) is 0 Å². The van der Waals surface area contributed by atoms with Crippen molar-refractivity contribution in [2.24, 2.45) is 0 Å². The van der Waals surface area contributed by atoms with Gasteiger partial charge in [0.05, 0.1) is 17.3 Å². The van der Waals surface area contributed by atoms with Crippen molar-refractivity contribution in [3.05, 3.63) is 29.3 Å². The number of carbonyl (C=O) groups is 2. The topological polar surface area (TPSA) is 55.4 Å². The fourth-order valence-electron chi connectivity index (χ4n) is 1.11. The first-order valence-electron chi connectivity index (χ1n) is 5.37. The molecule has 0 aliphatic carbocycles. The number of rotatable bonds is 4. The molecule has 0 aliphatic rings. The lowest BCUT2D eigenvalue weighted by molar-refractivity contribution is -0.152. The van der Waals surface area contributed by atoms with Crippen LogP contribution in [0.2, 0.25) is 5.02 Å². The van der Waals surface area contributed by atoms with Gasteiger partial charge < -0.3 is 10.1 Å². The predicted molar refractivity (Wildman–Crippen MR) is 65.9 cm³/mol. The van der Waals surface area contributed by atoms with Crippen LogP contribution in [0.4, 0.5) is 5.69 Å². The summed E-state index contributed by atoms with van der Waals surface area (Å²) in [6.45, 7) is 2.23. The van der Waals surface area contributed by atoms with Crippen LogP contribution in [0.3, 0.4) is 0 Å². The lowest BCUT2D eigenvalue weighted by Gasteiger charge is -2.06. The van der Waals surface area contributed by atoms with Crippen molar-refractivity contribution in [3.8, 4) is 0 Å². The summed E-state index contributed by atoms with van der Waals surface area (Å²) in [6, 6.07) is 6.68. The Morgan fingerprint density at radius 3 is 2.71 bits per heavy atom. The molecule has 0 saturated heterocycles. The zero-order valence-electron chi connectivity index (χ0n) is 9.53. The van der Waals surface area contributed by atoms with E-state index in [1.807, 2.05) is 6.92 Å². The normalized spacial score (nSPS) is 9.76. The molecule has 17 heavy (non-hydrogen) atoms. The maximum atomic E-state index is 11.4. The molecule has 0 fully saturated rings. The van der Waals surface area contributed by atoms with Crippen molar-refractivity contribution in [2.75, 3.05) is 11.9 Å². The zero-order valence-corrected chi connectivity index (χ0v) is 10.3. The lowest BCUT2D eigenvalue weighted by atomic mass is 10.3. The van der Waals surface area contributed by atoms with Crippen LogP contribution in [-0.2, 0) is 14.3 Å². The SMILES string of the molecule is CCCCOC(=O)C(=O)Nc1ccccc1Cl. The van der Waals surface area contributed by atoms with E-state index in [1.54, 1.807) is 24.3 Å². The van der Waals surface area contributed by atoms with Crippen LogP contribution in [0.25, 0.3) is 0 Å². The number of esters is 1. The number of carbonyl (C=O) groups excluding carboxylic acids is 2. The molecule has 0 atom stereocenters. The van der Waals surface area contributed by atoms with Gasteiger partial charge in [-0.15, -0.1) is 0 Å². The van der Waals surface area contributed by atoms with E-state index in [9.17, 15) is 9.59 Å². The van der Waals surface area contributed by atoms with Gasteiger partial charge in [0.2, 0.25) is 0 Å².